The Morgan fingerprint density at radius 1 is 1.44 bits per heavy atom. The minimum Gasteiger partial charge on any atom is -0.496 e. The minimum absolute atomic E-state index is 0.0620. The van der Waals surface area contributed by atoms with Crippen molar-refractivity contribution in [3.63, 3.8) is 0 Å². The molecule has 0 aromatic heterocycles. The molecule has 0 aliphatic carbocycles. The summed E-state index contributed by atoms with van der Waals surface area (Å²) in [6.45, 7) is 1.57. The lowest BCUT2D eigenvalue weighted by atomic mass is 10.1. The molecule has 0 saturated carbocycles. The van der Waals surface area contributed by atoms with Gasteiger partial charge in [-0.2, -0.15) is 0 Å². The average Bonchev–Trinajstić information content (AvgIpc) is 2.90. The molecule has 2 N–H and O–H groups in total. The van der Waals surface area contributed by atoms with Crippen LogP contribution in [0.4, 0.5) is 0 Å². The number of hydrogen-bond acceptors (Lipinski definition) is 3. The van der Waals surface area contributed by atoms with Crippen LogP contribution in [0.5, 0.6) is 5.75 Å². The van der Waals surface area contributed by atoms with Gasteiger partial charge in [0.05, 0.1) is 7.11 Å². The molecule has 2 rings (SSSR count). The van der Waals surface area contributed by atoms with Gasteiger partial charge in [-0.25, -0.2) is 0 Å². The monoisotopic (exact) mass is 268 g/mol. The molecule has 4 nitrogen and oxygen atoms in total. The molecule has 1 amide bonds. The van der Waals surface area contributed by atoms with Crippen molar-refractivity contribution in [3.8, 4) is 5.75 Å². The van der Waals surface area contributed by atoms with Crippen LogP contribution in [-0.2, 0) is 4.79 Å². The van der Waals surface area contributed by atoms with E-state index in [2.05, 4.69) is 0 Å². The van der Waals surface area contributed by atoms with E-state index in [4.69, 9.17) is 22.1 Å². The van der Waals surface area contributed by atoms with E-state index in [1.165, 1.54) is 0 Å². The predicted octanol–water partition coefficient (Wildman–Crippen LogP) is 1.97. The molecule has 0 bridgehead atoms. The molecule has 1 aliphatic rings. The van der Waals surface area contributed by atoms with Crippen molar-refractivity contribution in [1.29, 1.82) is 0 Å². The van der Waals surface area contributed by atoms with Gasteiger partial charge in [0.25, 0.3) is 0 Å². The van der Waals surface area contributed by atoms with Gasteiger partial charge < -0.3 is 15.4 Å². The summed E-state index contributed by atoms with van der Waals surface area (Å²) in [6.07, 6.45) is 2.09. The second-order valence-electron chi connectivity index (χ2n) is 4.40. The summed E-state index contributed by atoms with van der Waals surface area (Å²) in [6, 6.07) is 4.43. The lowest BCUT2D eigenvalue weighted by Gasteiger charge is -2.21. The van der Waals surface area contributed by atoms with E-state index in [1.807, 2.05) is 0 Å². The maximum Gasteiger partial charge on any atom is 0.244 e. The van der Waals surface area contributed by atoms with Crippen molar-refractivity contribution in [2.24, 2.45) is 5.73 Å². The van der Waals surface area contributed by atoms with Crippen molar-refractivity contribution in [2.75, 3.05) is 20.2 Å². The number of nitrogens with zero attached hydrogens (tertiary/aromatic N) is 1. The Bertz CT molecular complexity index is 445. The van der Waals surface area contributed by atoms with Gasteiger partial charge in [0, 0.05) is 23.7 Å². The summed E-state index contributed by atoms with van der Waals surface area (Å²) in [7, 11) is 1.56. The van der Waals surface area contributed by atoms with Crippen LogP contribution in [0.3, 0.4) is 0 Å². The molecule has 1 aliphatic heterocycles. The number of rotatable bonds is 3. The molecular weight excluding hydrogens is 252 g/mol. The molecule has 1 aromatic rings. The van der Waals surface area contributed by atoms with Crippen molar-refractivity contribution >= 4 is 17.5 Å². The number of nitrogens with two attached hydrogens (primary N) is 1. The summed E-state index contributed by atoms with van der Waals surface area (Å²) in [5.74, 6) is 0.535. The molecule has 1 aromatic carbocycles. The quantitative estimate of drug-likeness (QED) is 0.912. The first kappa shape index (κ1) is 13.2. The van der Waals surface area contributed by atoms with E-state index in [9.17, 15) is 4.79 Å². The zero-order valence-corrected chi connectivity index (χ0v) is 11.1. The fourth-order valence-corrected chi connectivity index (χ4v) is 2.40. The van der Waals surface area contributed by atoms with Gasteiger partial charge in [-0.3, -0.25) is 4.79 Å². The van der Waals surface area contributed by atoms with E-state index in [-0.39, 0.29) is 5.91 Å². The van der Waals surface area contributed by atoms with Gasteiger partial charge in [0.1, 0.15) is 11.8 Å². The van der Waals surface area contributed by atoms with Crippen LogP contribution in [0.2, 0.25) is 5.02 Å². The van der Waals surface area contributed by atoms with Gasteiger partial charge in [-0.1, -0.05) is 11.6 Å². The molecule has 1 heterocycles. The van der Waals surface area contributed by atoms with E-state index in [1.54, 1.807) is 30.2 Å². The fourth-order valence-electron chi connectivity index (χ4n) is 2.22. The first-order valence-corrected chi connectivity index (χ1v) is 6.39. The number of likely N-dealkylation sites (tertiary alicyclic amines) is 1. The highest BCUT2D eigenvalue weighted by Gasteiger charge is 2.26. The van der Waals surface area contributed by atoms with Crippen LogP contribution < -0.4 is 10.5 Å². The smallest absolute Gasteiger partial charge is 0.244 e. The summed E-state index contributed by atoms with van der Waals surface area (Å²) < 4.78 is 5.22. The minimum atomic E-state index is -0.711. The number of carbonyl (C=O) groups is 1. The summed E-state index contributed by atoms with van der Waals surface area (Å²) >= 11 is 5.95. The van der Waals surface area contributed by atoms with Crippen LogP contribution in [0, 0.1) is 0 Å². The Hall–Kier alpha value is -1.26. The Morgan fingerprint density at radius 3 is 2.72 bits per heavy atom. The second-order valence-corrected chi connectivity index (χ2v) is 4.83. The highest BCUT2D eigenvalue weighted by atomic mass is 35.5. The molecule has 0 spiro atoms. The maximum atomic E-state index is 12.2. The van der Waals surface area contributed by atoms with E-state index >= 15 is 0 Å². The molecule has 1 atom stereocenters. The largest absolute Gasteiger partial charge is 0.496 e. The Labute approximate surface area is 112 Å². The van der Waals surface area contributed by atoms with Crippen LogP contribution in [-0.4, -0.2) is 31.0 Å². The summed E-state index contributed by atoms with van der Waals surface area (Å²) in [5, 5.41) is 0.551. The lowest BCUT2D eigenvalue weighted by Crippen LogP contribution is -2.36. The van der Waals surface area contributed by atoms with Crippen LogP contribution >= 0.6 is 11.6 Å². The van der Waals surface area contributed by atoms with Crippen LogP contribution in [0.15, 0.2) is 18.2 Å². The Morgan fingerprint density at radius 2 is 2.11 bits per heavy atom. The molecule has 5 heteroatoms. The number of halogens is 1. The number of benzene rings is 1. The summed E-state index contributed by atoms with van der Waals surface area (Å²) in [4.78, 5) is 14.0. The van der Waals surface area contributed by atoms with Gasteiger partial charge >= 0.3 is 0 Å². The number of carbonyl (C=O) groups excluding carboxylic acids is 1. The topological polar surface area (TPSA) is 55.6 Å². The fraction of sp³-hybridized carbons (Fsp3) is 0.462. The Kier molecular flexibility index (Phi) is 4.09. The first-order chi connectivity index (χ1) is 8.63. The summed E-state index contributed by atoms with van der Waals surface area (Å²) in [5.41, 5.74) is 6.67. The van der Waals surface area contributed by atoms with Gasteiger partial charge in [-0.15, -0.1) is 0 Å². The molecule has 1 unspecified atom stereocenters. The van der Waals surface area contributed by atoms with Gasteiger partial charge in [-0.05, 0) is 31.0 Å². The van der Waals surface area contributed by atoms with Crippen molar-refractivity contribution in [2.45, 2.75) is 18.9 Å². The van der Waals surface area contributed by atoms with E-state index in [0.29, 0.717) is 16.3 Å². The molecular formula is C13H17ClN2O2. The second kappa shape index (κ2) is 5.59. The third kappa shape index (κ3) is 2.60. The number of hydrogen-bond donors (Lipinski definition) is 1. The lowest BCUT2D eigenvalue weighted by molar-refractivity contribution is -0.131. The standard InChI is InChI=1S/C13H17ClN2O2/c1-18-11-5-4-9(14)8-10(11)12(15)13(17)16-6-2-3-7-16/h4-5,8,12H,2-3,6-7,15H2,1H3. The molecule has 0 radical (unpaired) electrons. The third-order valence-electron chi connectivity index (χ3n) is 3.21. The number of amides is 1. The SMILES string of the molecule is COc1ccc(Cl)cc1C(N)C(=O)N1CCCC1. The van der Waals surface area contributed by atoms with Crippen LogP contribution in [0.1, 0.15) is 24.4 Å². The third-order valence-corrected chi connectivity index (χ3v) is 3.45. The molecule has 98 valence electrons. The van der Waals surface area contributed by atoms with E-state index < -0.39 is 6.04 Å². The number of ether oxygens (including phenoxy) is 1. The van der Waals surface area contributed by atoms with Crippen molar-refractivity contribution in [1.82, 2.24) is 4.90 Å². The van der Waals surface area contributed by atoms with Gasteiger partial charge in [0.15, 0.2) is 0 Å². The highest BCUT2D eigenvalue weighted by Crippen LogP contribution is 2.28. The zero-order chi connectivity index (χ0) is 13.1. The molecule has 1 saturated heterocycles. The van der Waals surface area contributed by atoms with Crippen LogP contribution in [0.25, 0.3) is 0 Å². The number of methoxy groups -OCH3 is 1. The Balaban J connectivity index is 2.24. The first-order valence-electron chi connectivity index (χ1n) is 6.01. The molecule has 18 heavy (non-hydrogen) atoms. The van der Waals surface area contributed by atoms with Crippen molar-refractivity contribution < 1.29 is 9.53 Å². The zero-order valence-electron chi connectivity index (χ0n) is 10.4. The predicted molar refractivity (Wildman–Crippen MR) is 70.7 cm³/mol. The maximum absolute atomic E-state index is 12.2. The highest BCUT2D eigenvalue weighted by molar-refractivity contribution is 6.30. The normalized spacial score (nSPS) is 16.7. The van der Waals surface area contributed by atoms with Gasteiger partial charge in [0.2, 0.25) is 5.91 Å². The average molecular weight is 269 g/mol. The molecule has 1 fully saturated rings. The van der Waals surface area contributed by atoms with E-state index in [0.717, 1.165) is 25.9 Å². The van der Waals surface area contributed by atoms with Crippen molar-refractivity contribution in [3.05, 3.63) is 28.8 Å².